The van der Waals surface area contributed by atoms with E-state index in [1.165, 1.54) is 5.56 Å². The third-order valence-electron chi connectivity index (χ3n) is 1.55. The molecule has 2 heteroatoms. The van der Waals surface area contributed by atoms with Crippen LogP contribution in [0.1, 0.15) is 5.56 Å². The monoisotopic (exact) mass is 134 g/mol. The van der Waals surface area contributed by atoms with Gasteiger partial charge in [0.2, 0.25) is 0 Å². The van der Waals surface area contributed by atoms with Crippen LogP contribution in [0.15, 0.2) is 24.3 Å². The van der Waals surface area contributed by atoms with Crippen LogP contribution in [-0.2, 0) is 6.42 Å². The molecule has 1 radical (unpaired) electrons. The van der Waals surface area contributed by atoms with Gasteiger partial charge >= 0.3 is 0 Å². The van der Waals surface area contributed by atoms with E-state index in [0.29, 0.717) is 0 Å². The Balaban J connectivity index is 2.41. The Morgan fingerprint density at radius 2 is 2.20 bits per heavy atom. The molecule has 0 spiro atoms. The average molecular weight is 134 g/mol. The summed E-state index contributed by atoms with van der Waals surface area (Å²) in [6.07, 6.45) is 0.941. The minimum absolute atomic E-state index is 0.935. The van der Waals surface area contributed by atoms with Crippen molar-refractivity contribution >= 4 is 0 Å². The van der Waals surface area contributed by atoms with Crippen molar-refractivity contribution in [2.24, 2.45) is 0 Å². The van der Waals surface area contributed by atoms with Crippen LogP contribution in [0.3, 0.4) is 0 Å². The molecular weight excluding hydrogens is 126 g/mol. The van der Waals surface area contributed by atoms with Crippen molar-refractivity contribution < 1.29 is 4.84 Å². The molecule has 1 N–H and O–H groups in total. The summed E-state index contributed by atoms with van der Waals surface area (Å²) < 4.78 is 0. The van der Waals surface area contributed by atoms with E-state index in [9.17, 15) is 0 Å². The first kappa shape index (κ1) is 5.74. The predicted octanol–water partition coefficient (Wildman–Crippen LogP) is 1.29. The molecule has 2 rings (SSSR count). The molecule has 0 unspecified atom stereocenters. The van der Waals surface area contributed by atoms with Gasteiger partial charge in [0.05, 0.1) is 6.54 Å². The SMILES string of the molecule is [CH]1Cc2ccccc2ON1. The summed E-state index contributed by atoms with van der Waals surface area (Å²) in [4.78, 5) is 5.12. The van der Waals surface area contributed by atoms with E-state index in [0.717, 1.165) is 12.2 Å². The van der Waals surface area contributed by atoms with Gasteiger partial charge in [0.25, 0.3) is 0 Å². The van der Waals surface area contributed by atoms with Gasteiger partial charge in [-0.05, 0) is 18.1 Å². The summed E-state index contributed by atoms with van der Waals surface area (Å²) in [7, 11) is 0. The van der Waals surface area contributed by atoms with Crippen LogP contribution in [0.4, 0.5) is 0 Å². The van der Waals surface area contributed by atoms with Gasteiger partial charge in [-0.1, -0.05) is 18.2 Å². The summed E-state index contributed by atoms with van der Waals surface area (Å²) in [5.41, 5.74) is 3.95. The third kappa shape index (κ3) is 0.866. The molecule has 0 saturated carbocycles. The van der Waals surface area contributed by atoms with Crippen molar-refractivity contribution in [2.75, 3.05) is 0 Å². The maximum atomic E-state index is 5.12. The topological polar surface area (TPSA) is 21.3 Å². The van der Waals surface area contributed by atoms with E-state index in [1.54, 1.807) is 0 Å². The molecule has 0 atom stereocenters. The van der Waals surface area contributed by atoms with Crippen LogP contribution in [0.25, 0.3) is 0 Å². The molecule has 0 aromatic heterocycles. The molecule has 0 aliphatic carbocycles. The number of rotatable bonds is 0. The lowest BCUT2D eigenvalue weighted by molar-refractivity contribution is 0.207. The number of hydrogen-bond acceptors (Lipinski definition) is 2. The number of hydrogen-bond donors (Lipinski definition) is 1. The Hall–Kier alpha value is -1.02. The molecule has 0 saturated heterocycles. The molecular formula is C8H8NO. The highest BCUT2D eigenvalue weighted by molar-refractivity contribution is 5.35. The van der Waals surface area contributed by atoms with Crippen LogP contribution in [0, 0.1) is 6.54 Å². The highest BCUT2D eigenvalue weighted by atomic mass is 16.6. The van der Waals surface area contributed by atoms with Crippen molar-refractivity contribution in [3.05, 3.63) is 36.4 Å². The lowest BCUT2D eigenvalue weighted by atomic mass is 10.1. The molecule has 1 aliphatic heterocycles. The zero-order chi connectivity index (χ0) is 6.81. The molecule has 0 bridgehead atoms. The van der Waals surface area contributed by atoms with E-state index in [-0.39, 0.29) is 0 Å². The minimum Gasteiger partial charge on any atom is -0.408 e. The molecule has 51 valence electrons. The van der Waals surface area contributed by atoms with Gasteiger partial charge in [0.15, 0.2) is 0 Å². The Kier molecular flexibility index (Phi) is 1.32. The van der Waals surface area contributed by atoms with Crippen LogP contribution < -0.4 is 10.3 Å². The fraction of sp³-hybridized carbons (Fsp3) is 0.125. The van der Waals surface area contributed by atoms with Crippen molar-refractivity contribution in [1.29, 1.82) is 0 Å². The van der Waals surface area contributed by atoms with Crippen LogP contribution in [-0.4, -0.2) is 0 Å². The predicted molar refractivity (Wildman–Crippen MR) is 38.2 cm³/mol. The fourth-order valence-electron chi connectivity index (χ4n) is 1.03. The number of nitrogens with one attached hydrogen (secondary N) is 1. The van der Waals surface area contributed by atoms with Crippen molar-refractivity contribution in [3.8, 4) is 5.75 Å². The van der Waals surface area contributed by atoms with E-state index in [4.69, 9.17) is 4.84 Å². The van der Waals surface area contributed by atoms with Gasteiger partial charge in [-0.3, -0.25) is 0 Å². The van der Waals surface area contributed by atoms with Gasteiger partial charge in [0.1, 0.15) is 5.75 Å². The second-order valence-corrected chi connectivity index (χ2v) is 2.24. The van der Waals surface area contributed by atoms with Gasteiger partial charge in [0, 0.05) is 0 Å². The third-order valence-corrected chi connectivity index (χ3v) is 1.55. The molecule has 1 heterocycles. The smallest absolute Gasteiger partial charge is 0.150 e. The quantitative estimate of drug-likeness (QED) is 0.577. The Bertz CT molecular complexity index is 209. The zero-order valence-electron chi connectivity index (χ0n) is 5.50. The summed E-state index contributed by atoms with van der Waals surface area (Å²) >= 11 is 0. The Morgan fingerprint density at radius 3 is 3.10 bits per heavy atom. The summed E-state index contributed by atoms with van der Waals surface area (Å²) in [5, 5.41) is 0. The standard InChI is InChI=1S/C8H8NO/c1-2-4-8-7(3-1)5-6-9-10-8/h1-4,6,9H,5H2. The van der Waals surface area contributed by atoms with Gasteiger partial charge in [-0.15, -0.1) is 0 Å². The fourth-order valence-corrected chi connectivity index (χ4v) is 1.03. The van der Waals surface area contributed by atoms with Crippen molar-refractivity contribution in [3.63, 3.8) is 0 Å². The normalized spacial score (nSPS) is 15.6. The largest absolute Gasteiger partial charge is 0.408 e. The van der Waals surface area contributed by atoms with Gasteiger partial charge < -0.3 is 4.84 Å². The number of hydroxylamine groups is 1. The first-order chi connectivity index (χ1) is 4.97. The van der Waals surface area contributed by atoms with Gasteiger partial charge in [-0.25, -0.2) is 0 Å². The second kappa shape index (κ2) is 2.31. The average Bonchev–Trinajstić information content (AvgIpc) is 2.05. The number of fused-ring (bicyclic) bond motifs is 1. The van der Waals surface area contributed by atoms with Crippen molar-refractivity contribution in [2.45, 2.75) is 6.42 Å². The number of benzene rings is 1. The zero-order valence-corrected chi connectivity index (χ0v) is 5.50. The van der Waals surface area contributed by atoms with E-state index >= 15 is 0 Å². The molecule has 1 aliphatic rings. The lowest BCUT2D eigenvalue weighted by Crippen LogP contribution is -2.21. The van der Waals surface area contributed by atoms with Crippen LogP contribution in [0.5, 0.6) is 5.75 Å². The first-order valence-corrected chi connectivity index (χ1v) is 3.29. The summed E-state index contributed by atoms with van der Waals surface area (Å²) in [6, 6.07) is 8.00. The molecule has 10 heavy (non-hydrogen) atoms. The minimum atomic E-state index is 0.935. The second-order valence-electron chi connectivity index (χ2n) is 2.24. The molecule has 2 nitrogen and oxygen atoms in total. The number of para-hydroxylation sites is 1. The van der Waals surface area contributed by atoms with Gasteiger partial charge in [-0.2, -0.15) is 5.48 Å². The summed E-state index contributed by atoms with van der Waals surface area (Å²) in [6.45, 7) is 1.89. The molecule has 0 amide bonds. The van der Waals surface area contributed by atoms with Crippen molar-refractivity contribution in [1.82, 2.24) is 5.48 Å². The van der Waals surface area contributed by atoms with Crippen LogP contribution >= 0.6 is 0 Å². The van der Waals surface area contributed by atoms with Crippen LogP contribution in [0.2, 0.25) is 0 Å². The van der Waals surface area contributed by atoms with E-state index < -0.39 is 0 Å². The Labute approximate surface area is 59.8 Å². The molecule has 1 aromatic rings. The lowest BCUT2D eigenvalue weighted by Gasteiger charge is -2.15. The first-order valence-electron chi connectivity index (χ1n) is 3.29. The van der Waals surface area contributed by atoms with E-state index in [1.807, 2.05) is 24.7 Å². The molecule has 0 fully saturated rings. The molecule has 1 aromatic carbocycles. The Morgan fingerprint density at radius 1 is 1.30 bits per heavy atom. The summed E-state index contributed by atoms with van der Waals surface area (Å²) in [5.74, 6) is 0.935. The maximum absolute atomic E-state index is 5.12. The maximum Gasteiger partial charge on any atom is 0.150 e. The highest BCUT2D eigenvalue weighted by Crippen LogP contribution is 2.20. The van der Waals surface area contributed by atoms with E-state index in [2.05, 4.69) is 11.5 Å². The highest BCUT2D eigenvalue weighted by Gasteiger charge is 2.07.